The summed E-state index contributed by atoms with van der Waals surface area (Å²) < 4.78 is 11.3. The molecule has 0 aromatic heterocycles. The Morgan fingerprint density at radius 2 is 2.00 bits per heavy atom. The molecule has 1 heterocycles. The average Bonchev–Trinajstić information content (AvgIpc) is 3.10. The van der Waals surface area contributed by atoms with E-state index in [9.17, 15) is 14.4 Å². The molecular formula is C20H19BrO5. The van der Waals surface area contributed by atoms with Gasteiger partial charge in [0, 0.05) is 28.3 Å². The van der Waals surface area contributed by atoms with E-state index in [4.69, 9.17) is 9.47 Å². The topological polar surface area (TPSA) is 69.7 Å². The van der Waals surface area contributed by atoms with E-state index < -0.39 is 17.9 Å². The maximum Gasteiger partial charge on any atom is 0.320 e. The summed E-state index contributed by atoms with van der Waals surface area (Å²) in [6.07, 6.45) is 1.21. The summed E-state index contributed by atoms with van der Waals surface area (Å²) in [5.41, 5.74) is 2.48. The van der Waals surface area contributed by atoms with Crippen LogP contribution in [0, 0.1) is 23.7 Å². The zero-order valence-electron chi connectivity index (χ0n) is 14.4. The van der Waals surface area contributed by atoms with Crippen LogP contribution in [0.2, 0.25) is 0 Å². The molecule has 0 bridgehead atoms. The minimum atomic E-state index is -0.968. The van der Waals surface area contributed by atoms with E-state index in [0.29, 0.717) is 18.6 Å². The van der Waals surface area contributed by atoms with Crippen LogP contribution < -0.4 is 0 Å². The third-order valence-corrected chi connectivity index (χ3v) is 6.15. The van der Waals surface area contributed by atoms with Crippen molar-refractivity contribution in [3.8, 4) is 0 Å². The predicted molar refractivity (Wildman–Crippen MR) is 96.9 cm³/mol. The molecule has 0 N–H and O–H groups in total. The zero-order chi connectivity index (χ0) is 18.4. The van der Waals surface area contributed by atoms with E-state index in [1.807, 2.05) is 24.3 Å². The van der Waals surface area contributed by atoms with Gasteiger partial charge in [0.1, 0.15) is 0 Å². The molecule has 2 fully saturated rings. The second kappa shape index (κ2) is 6.65. The van der Waals surface area contributed by atoms with E-state index in [1.165, 1.54) is 0 Å². The molecule has 0 unspecified atom stereocenters. The third-order valence-electron chi connectivity index (χ3n) is 5.62. The standard InChI is InChI=1S/C20H19BrO5/c1-2-25-19(23)18-17-12(9-26-20(18)24)7-11-8-14(22)15(16(11)17)10-3-5-13(21)6-4-10/h3-6,11-12,17-18H,2,7-9H2,1H3/t11-,12-,17+,18-/m0/s1. The van der Waals surface area contributed by atoms with Gasteiger partial charge >= 0.3 is 11.9 Å². The normalized spacial score (nSPS) is 30.1. The van der Waals surface area contributed by atoms with Crippen LogP contribution in [0.25, 0.3) is 5.57 Å². The number of allylic oxidation sites excluding steroid dienone is 2. The highest BCUT2D eigenvalue weighted by Gasteiger charge is 2.56. The van der Waals surface area contributed by atoms with Crippen molar-refractivity contribution in [3.05, 3.63) is 39.9 Å². The molecule has 3 aliphatic rings. The van der Waals surface area contributed by atoms with Gasteiger partial charge < -0.3 is 9.47 Å². The second-order valence-electron chi connectivity index (χ2n) is 7.04. The summed E-state index contributed by atoms with van der Waals surface area (Å²) in [4.78, 5) is 37.6. The number of hydrogen-bond acceptors (Lipinski definition) is 5. The molecule has 2 aliphatic carbocycles. The molecule has 1 aliphatic heterocycles. The van der Waals surface area contributed by atoms with Crippen molar-refractivity contribution in [3.63, 3.8) is 0 Å². The largest absolute Gasteiger partial charge is 0.465 e. The maximum absolute atomic E-state index is 12.7. The van der Waals surface area contributed by atoms with Crippen molar-refractivity contribution in [1.29, 1.82) is 0 Å². The average molecular weight is 419 g/mol. The van der Waals surface area contributed by atoms with Crippen LogP contribution in [-0.4, -0.2) is 30.9 Å². The SMILES string of the molecule is CCOC(=O)[C@H]1C(=O)OC[C@@H]2C[C@H]3CC(=O)C(c4ccc(Br)cc4)=C3[C@@H]21. The quantitative estimate of drug-likeness (QED) is 0.556. The van der Waals surface area contributed by atoms with Crippen molar-refractivity contribution < 1.29 is 23.9 Å². The number of Topliss-reactive ketones (excluding diaryl/α,β-unsaturated/α-hetero) is 1. The number of hydrogen-bond donors (Lipinski definition) is 0. The Balaban J connectivity index is 1.82. The van der Waals surface area contributed by atoms with Crippen LogP contribution in [0.15, 0.2) is 34.3 Å². The molecule has 4 atom stereocenters. The molecule has 136 valence electrons. The van der Waals surface area contributed by atoms with Gasteiger partial charge in [-0.1, -0.05) is 33.6 Å². The number of benzene rings is 1. The van der Waals surface area contributed by atoms with Crippen LogP contribution in [0.4, 0.5) is 0 Å². The van der Waals surface area contributed by atoms with Crippen molar-refractivity contribution >= 4 is 39.2 Å². The van der Waals surface area contributed by atoms with E-state index >= 15 is 0 Å². The third kappa shape index (κ3) is 2.71. The highest BCUT2D eigenvalue weighted by atomic mass is 79.9. The number of ether oxygens (including phenoxy) is 2. The first-order chi connectivity index (χ1) is 12.5. The number of carbonyl (C=O) groups excluding carboxylic acids is 3. The number of esters is 2. The Morgan fingerprint density at radius 1 is 1.27 bits per heavy atom. The van der Waals surface area contributed by atoms with Crippen molar-refractivity contribution in [1.82, 2.24) is 0 Å². The Bertz CT molecular complexity index is 810. The molecule has 0 spiro atoms. The van der Waals surface area contributed by atoms with Crippen LogP contribution in [0.3, 0.4) is 0 Å². The first-order valence-corrected chi connectivity index (χ1v) is 9.67. The fraction of sp³-hybridized carbons (Fsp3) is 0.450. The molecule has 0 radical (unpaired) electrons. The summed E-state index contributed by atoms with van der Waals surface area (Å²) in [7, 11) is 0. The molecule has 26 heavy (non-hydrogen) atoms. The van der Waals surface area contributed by atoms with E-state index in [0.717, 1.165) is 22.0 Å². The molecule has 6 heteroatoms. The van der Waals surface area contributed by atoms with E-state index in [-0.39, 0.29) is 30.1 Å². The highest BCUT2D eigenvalue weighted by molar-refractivity contribution is 9.10. The molecular weight excluding hydrogens is 400 g/mol. The first-order valence-electron chi connectivity index (χ1n) is 8.87. The Morgan fingerprint density at radius 3 is 2.69 bits per heavy atom. The summed E-state index contributed by atoms with van der Waals surface area (Å²) in [6.45, 7) is 2.23. The molecule has 5 nitrogen and oxygen atoms in total. The Labute approximate surface area is 159 Å². The van der Waals surface area contributed by atoms with Gasteiger partial charge in [-0.3, -0.25) is 14.4 Å². The number of halogens is 1. The number of rotatable bonds is 3. The van der Waals surface area contributed by atoms with Crippen molar-refractivity contribution in [2.75, 3.05) is 13.2 Å². The molecule has 1 aromatic rings. The molecule has 4 rings (SSSR count). The highest BCUT2D eigenvalue weighted by Crippen LogP contribution is 2.55. The van der Waals surface area contributed by atoms with Gasteiger partial charge in [-0.15, -0.1) is 0 Å². The van der Waals surface area contributed by atoms with Crippen LogP contribution in [0.5, 0.6) is 0 Å². The van der Waals surface area contributed by atoms with Crippen LogP contribution in [-0.2, 0) is 23.9 Å². The summed E-state index contributed by atoms with van der Waals surface area (Å²) in [5.74, 6) is -2.10. The molecule has 0 amide bonds. The van der Waals surface area contributed by atoms with Gasteiger partial charge in [-0.2, -0.15) is 0 Å². The lowest BCUT2D eigenvalue weighted by atomic mass is 9.78. The maximum atomic E-state index is 12.7. The van der Waals surface area contributed by atoms with Crippen molar-refractivity contribution in [2.45, 2.75) is 19.8 Å². The van der Waals surface area contributed by atoms with Gasteiger partial charge in [0.2, 0.25) is 0 Å². The van der Waals surface area contributed by atoms with Gasteiger partial charge in [0.05, 0.1) is 13.2 Å². The van der Waals surface area contributed by atoms with Crippen molar-refractivity contribution in [2.24, 2.45) is 23.7 Å². The number of cyclic esters (lactones) is 1. The van der Waals surface area contributed by atoms with Gasteiger partial charge in [-0.05, 0) is 37.0 Å². The van der Waals surface area contributed by atoms with Crippen LogP contribution >= 0.6 is 15.9 Å². The number of fused-ring (bicyclic) bond motifs is 3. The molecule has 1 saturated heterocycles. The Kier molecular flexibility index (Phi) is 4.47. The molecule has 1 saturated carbocycles. The number of carbonyl (C=O) groups is 3. The van der Waals surface area contributed by atoms with Crippen LogP contribution in [0.1, 0.15) is 25.3 Å². The van der Waals surface area contributed by atoms with E-state index in [1.54, 1.807) is 6.92 Å². The predicted octanol–water partition coefficient (Wildman–Crippen LogP) is 3.16. The van der Waals surface area contributed by atoms with Gasteiger partial charge in [0.15, 0.2) is 11.7 Å². The monoisotopic (exact) mass is 418 g/mol. The lowest BCUT2D eigenvalue weighted by Crippen LogP contribution is -2.43. The lowest BCUT2D eigenvalue weighted by Gasteiger charge is -2.32. The lowest BCUT2D eigenvalue weighted by molar-refractivity contribution is -0.171. The fourth-order valence-corrected chi connectivity index (χ4v) is 4.95. The minimum Gasteiger partial charge on any atom is -0.465 e. The summed E-state index contributed by atoms with van der Waals surface area (Å²) in [6, 6.07) is 7.60. The first kappa shape index (κ1) is 17.5. The van der Waals surface area contributed by atoms with E-state index in [2.05, 4.69) is 15.9 Å². The second-order valence-corrected chi connectivity index (χ2v) is 7.96. The van der Waals surface area contributed by atoms with Gasteiger partial charge in [0.25, 0.3) is 0 Å². The Hall–Kier alpha value is -1.95. The van der Waals surface area contributed by atoms with Gasteiger partial charge in [-0.25, -0.2) is 0 Å². The summed E-state index contributed by atoms with van der Waals surface area (Å²) in [5, 5.41) is 0. The zero-order valence-corrected chi connectivity index (χ0v) is 16.0. The fourth-order valence-electron chi connectivity index (χ4n) is 4.68. The summed E-state index contributed by atoms with van der Waals surface area (Å²) >= 11 is 3.41. The number of ketones is 1. The minimum absolute atomic E-state index is 0.0701. The molecule has 1 aromatic carbocycles. The smallest absolute Gasteiger partial charge is 0.320 e.